The van der Waals surface area contributed by atoms with Crippen LogP contribution in [0.5, 0.6) is 0 Å². The molecule has 2 aromatic carbocycles. The SMILES string of the molecule is FC(F)(F)c1ccc(CN2CC(CN3CCOCC3)C(c3cccc(C(F)(F)F)c3)C2)cc1. The Morgan fingerprint density at radius 1 is 0.788 bits per heavy atom. The fourth-order valence-electron chi connectivity index (χ4n) is 4.77. The van der Waals surface area contributed by atoms with Crippen LogP contribution in [0.4, 0.5) is 26.3 Å². The second-order valence-electron chi connectivity index (χ2n) is 8.79. The third-order valence-electron chi connectivity index (χ3n) is 6.44. The van der Waals surface area contributed by atoms with Crippen LogP contribution >= 0.6 is 0 Å². The number of benzene rings is 2. The quantitative estimate of drug-likeness (QED) is 0.552. The van der Waals surface area contributed by atoms with Crippen molar-refractivity contribution >= 4 is 0 Å². The summed E-state index contributed by atoms with van der Waals surface area (Å²) in [6.45, 7) is 5.25. The van der Waals surface area contributed by atoms with E-state index >= 15 is 0 Å². The molecule has 0 bridgehead atoms. The van der Waals surface area contributed by atoms with Crippen LogP contribution in [0.3, 0.4) is 0 Å². The normalized spacial score (nSPS) is 23.2. The van der Waals surface area contributed by atoms with Crippen molar-refractivity contribution in [1.82, 2.24) is 9.80 Å². The summed E-state index contributed by atoms with van der Waals surface area (Å²) < 4.78 is 83.8. The molecule has 0 amide bonds. The minimum atomic E-state index is -4.41. The second-order valence-corrected chi connectivity index (χ2v) is 8.79. The molecule has 0 N–H and O–H groups in total. The topological polar surface area (TPSA) is 15.7 Å². The van der Waals surface area contributed by atoms with Crippen molar-refractivity contribution in [2.75, 3.05) is 45.9 Å². The van der Waals surface area contributed by atoms with Crippen molar-refractivity contribution < 1.29 is 31.1 Å². The van der Waals surface area contributed by atoms with Crippen LogP contribution in [0.15, 0.2) is 48.5 Å². The number of hydrogen-bond donors (Lipinski definition) is 0. The highest BCUT2D eigenvalue weighted by atomic mass is 19.4. The molecule has 0 aliphatic carbocycles. The molecule has 2 unspecified atom stereocenters. The lowest BCUT2D eigenvalue weighted by Crippen LogP contribution is -2.40. The maximum Gasteiger partial charge on any atom is 0.416 e. The van der Waals surface area contributed by atoms with Gasteiger partial charge in [-0.25, -0.2) is 0 Å². The van der Waals surface area contributed by atoms with Crippen molar-refractivity contribution in [3.05, 3.63) is 70.8 Å². The molecular weight excluding hydrogens is 446 g/mol. The Morgan fingerprint density at radius 3 is 2.09 bits per heavy atom. The molecule has 2 fully saturated rings. The molecule has 0 aromatic heterocycles. The summed E-state index contributed by atoms with van der Waals surface area (Å²) in [6, 6.07) is 10.6. The van der Waals surface area contributed by atoms with E-state index in [1.807, 2.05) is 0 Å². The third-order valence-corrected chi connectivity index (χ3v) is 6.44. The highest BCUT2D eigenvalue weighted by Crippen LogP contribution is 2.37. The van der Waals surface area contributed by atoms with Gasteiger partial charge in [-0.05, 0) is 35.2 Å². The molecule has 2 aromatic rings. The number of hydrogen-bond acceptors (Lipinski definition) is 3. The maximum atomic E-state index is 13.3. The van der Waals surface area contributed by atoms with Crippen molar-refractivity contribution in [2.45, 2.75) is 24.8 Å². The van der Waals surface area contributed by atoms with Gasteiger partial charge in [0, 0.05) is 45.2 Å². The first-order valence-electron chi connectivity index (χ1n) is 11.0. The van der Waals surface area contributed by atoms with E-state index < -0.39 is 23.5 Å². The molecule has 2 heterocycles. The number of likely N-dealkylation sites (tertiary alicyclic amines) is 1. The lowest BCUT2D eigenvalue weighted by atomic mass is 9.87. The Balaban J connectivity index is 1.52. The summed E-state index contributed by atoms with van der Waals surface area (Å²) in [5, 5.41) is 0. The summed E-state index contributed by atoms with van der Waals surface area (Å²) in [5.74, 6) is 0.0191. The molecule has 2 aliphatic heterocycles. The Bertz CT molecular complexity index is 922. The van der Waals surface area contributed by atoms with Gasteiger partial charge in [-0.15, -0.1) is 0 Å². The van der Waals surface area contributed by atoms with Crippen LogP contribution in [-0.2, 0) is 23.6 Å². The van der Waals surface area contributed by atoms with E-state index in [4.69, 9.17) is 4.74 Å². The average Bonchev–Trinajstić information content (AvgIpc) is 3.16. The lowest BCUT2D eigenvalue weighted by molar-refractivity contribution is -0.138. The van der Waals surface area contributed by atoms with Crippen molar-refractivity contribution in [2.24, 2.45) is 5.92 Å². The van der Waals surface area contributed by atoms with Gasteiger partial charge in [-0.1, -0.05) is 30.3 Å². The van der Waals surface area contributed by atoms with Crippen molar-refractivity contribution in [3.63, 3.8) is 0 Å². The van der Waals surface area contributed by atoms with E-state index in [-0.39, 0.29) is 11.8 Å². The van der Waals surface area contributed by atoms with Crippen LogP contribution in [0.25, 0.3) is 0 Å². The van der Waals surface area contributed by atoms with E-state index in [0.29, 0.717) is 38.4 Å². The summed E-state index contributed by atoms with van der Waals surface area (Å²) in [4.78, 5) is 4.40. The average molecular weight is 472 g/mol. The van der Waals surface area contributed by atoms with E-state index in [0.717, 1.165) is 43.4 Å². The zero-order chi connectivity index (χ0) is 23.6. The fraction of sp³-hybridized carbons (Fsp3) is 0.500. The van der Waals surface area contributed by atoms with Gasteiger partial charge in [0.2, 0.25) is 0 Å². The Hall–Kier alpha value is -2.10. The number of ether oxygens (including phenoxy) is 1. The van der Waals surface area contributed by atoms with Crippen LogP contribution in [0.2, 0.25) is 0 Å². The highest BCUT2D eigenvalue weighted by molar-refractivity contribution is 5.30. The predicted molar refractivity (Wildman–Crippen MR) is 112 cm³/mol. The number of halogens is 6. The van der Waals surface area contributed by atoms with Crippen LogP contribution in [0, 0.1) is 5.92 Å². The zero-order valence-corrected chi connectivity index (χ0v) is 18.0. The maximum absolute atomic E-state index is 13.3. The number of morpholine rings is 1. The molecule has 180 valence electrons. The second kappa shape index (κ2) is 9.64. The molecule has 2 atom stereocenters. The van der Waals surface area contributed by atoms with Gasteiger partial charge in [0.05, 0.1) is 24.3 Å². The minimum absolute atomic E-state index is 0.0930. The standard InChI is InChI=1S/C24H26F6N2O/c25-23(26,27)20-6-4-17(5-7-20)13-32-15-19(14-31-8-10-33-11-9-31)22(16-32)18-2-1-3-21(12-18)24(28,29)30/h1-7,12,19,22H,8-11,13-16H2. The number of alkyl halides is 6. The van der Waals surface area contributed by atoms with Gasteiger partial charge in [0.15, 0.2) is 0 Å². The van der Waals surface area contributed by atoms with Crippen LogP contribution in [0.1, 0.15) is 28.2 Å². The monoisotopic (exact) mass is 472 g/mol. The summed E-state index contributed by atoms with van der Waals surface area (Å²) in [7, 11) is 0. The first kappa shape index (κ1) is 24.0. The minimum Gasteiger partial charge on any atom is -0.379 e. The van der Waals surface area contributed by atoms with Gasteiger partial charge in [0.1, 0.15) is 0 Å². The zero-order valence-electron chi connectivity index (χ0n) is 18.0. The van der Waals surface area contributed by atoms with Gasteiger partial charge in [-0.2, -0.15) is 26.3 Å². The van der Waals surface area contributed by atoms with E-state index in [1.165, 1.54) is 24.3 Å². The molecule has 4 rings (SSSR count). The first-order chi connectivity index (χ1) is 15.6. The molecule has 33 heavy (non-hydrogen) atoms. The number of nitrogens with zero attached hydrogens (tertiary/aromatic N) is 2. The summed E-state index contributed by atoms with van der Waals surface area (Å²) >= 11 is 0. The number of rotatable bonds is 5. The molecule has 0 radical (unpaired) electrons. The predicted octanol–water partition coefficient (Wildman–Crippen LogP) is 5.27. The lowest BCUT2D eigenvalue weighted by Gasteiger charge is -2.31. The van der Waals surface area contributed by atoms with Crippen molar-refractivity contribution in [3.8, 4) is 0 Å². The van der Waals surface area contributed by atoms with Crippen molar-refractivity contribution in [1.29, 1.82) is 0 Å². The Labute approximate surface area is 188 Å². The van der Waals surface area contributed by atoms with Gasteiger partial charge in [0.25, 0.3) is 0 Å². The molecule has 0 spiro atoms. The molecule has 9 heteroatoms. The van der Waals surface area contributed by atoms with E-state index in [9.17, 15) is 26.3 Å². The molecule has 0 saturated carbocycles. The smallest absolute Gasteiger partial charge is 0.379 e. The molecule has 2 aliphatic rings. The molecule has 3 nitrogen and oxygen atoms in total. The molecular formula is C24H26F6N2O. The van der Waals surface area contributed by atoms with Crippen LogP contribution < -0.4 is 0 Å². The van der Waals surface area contributed by atoms with Gasteiger partial charge >= 0.3 is 12.4 Å². The van der Waals surface area contributed by atoms with Gasteiger partial charge < -0.3 is 4.74 Å². The third kappa shape index (κ3) is 6.07. The largest absolute Gasteiger partial charge is 0.416 e. The Morgan fingerprint density at radius 2 is 1.45 bits per heavy atom. The Kier molecular flexibility index (Phi) is 7.02. The highest BCUT2D eigenvalue weighted by Gasteiger charge is 2.37. The fourth-order valence-corrected chi connectivity index (χ4v) is 4.77. The molecule has 2 saturated heterocycles. The summed E-state index contributed by atoms with van der Waals surface area (Å²) in [5.41, 5.74) is 0.0434. The van der Waals surface area contributed by atoms with E-state index in [2.05, 4.69) is 9.80 Å². The summed E-state index contributed by atoms with van der Waals surface area (Å²) in [6.07, 6.45) is -8.79. The van der Waals surface area contributed by atoms with Crippen LogP contribution in [-0.4, -0.2) is 55.7 Å². The van der Waals surface area contributed by atoms with E-state index in [1.54, 1.807) is 6.07 Å². The van der Waals surface area contributed by atoms with Gasteiger partial charge in [-0.3, -0.25) is 9.80 Å². The first-order valence-corrected chi connectivity index (χ1v) is 11.0.